The molecule has 0 amide bonds. The van der Waals surface area contributed by atoms with Gasteiger partial charge in [-0.1, -0.05) is 13.8 Å². The molecule has 2 aromatic rings. The molecular formula is C17H24BrFN2O2S. The van der Waals surface area contributed by atoms with Crippen molar-refractivity contribution in [2.45, 2.75) is 45.9 Å². The molecule has 0 saturated carbocycles. The van der Waals surface area contributed by atoms with Gasteiger partial charge in [-0.2, -0.15) is 0 Å². The lowest BCUT2D eigenvalue weighted by Gasteiger charge is -2.09. The van der Waals surface area contributed by atoms with Gasteiger partial charge < -0.3 is 4.57 Å². The second-order valence-corrected chi connectivity index (χ2v) is 9.90. The minimum atomic E-state index is -3.29. The fraction of sp³-hybridized carbons (Fsp3) is 0.529. The molecule has 2 rings (SSSR count). The Morgan fingerprint density at radius 1 is 1.25 bits per heavy atom. The summed E-state index contributed by atoms with van der Waals surface area (Å²) < 4.78 is 42.8. The summed E-state index contributed by atoms with van der Waals surface area (Å²) in [4.78, 5) is 0. The molecule has 1 N–H and O–H groups in total. The molecule has 134 valence electrons. The largest absolute Gasteiger partial charge is 0.347 e. The zero-order valence-corrected chi connectivity index (χ0v) is 16.8. The molecule has 0 bridgehead atoms. The first kappa shape index (κ1) is 19.4. The van der Waals surface area contributed by atoms with Crippen LogP contribution in [0.1, 0.15) is 33.3 Å². The van der Waals surface area contributed by atoms with E-state index in [1.807, 2.05) is 6.20 Å². The van der Waals surface area contributed by atoms with E-state index >= 15 is 0 Å². The third kappa shape index (κ3) is 4.37. The van der Waals surface area contributed by atoms with Crippen molar-refractivity contribution in [2.75, 3.05) is 6.54 Å². The molecule has 0 aliphatic rings. The Balaban J connectivity index is 2.31. The standard InChI is InChI=1S/C17H24BrFN2O2S/c1-11(2)9-21-10-13(5-6-20-24(22,23)12(3)4)14-7-16(19)15(18)8-17(14)21/h7-8,10-12,20H,5-6,9H2,1-4H3. The van der Waals surface area contributed by atoms with Gasteiger partial charge in [-0.05, 0) is 59.8 Å². The molecule has 0 saturated heterocycles. The maximum absolute atomic E-state index is 14.0. The van der Waals surface area contributed by atoms with Gasteiger partial charge in [-0.25, -0.2) is 17.5 Å². The lowest BCUT2D eigenvalue weighted by molar-refractivity contribution is 0.534. The molecule has 0 aliphatic carbocycles. The third-order valence-electron chi connectivity index (χ3n) is 3.89. The number of hydrogen-bond donors (Lipinski definition) is 1. The fourth-order valence-corrected chi connectivity index (χ4v) is 3.65. The van der Waals surface area contributed by atoms with Crippen LogP contribution in [0.15, 0.2) is 22.8 Å². The number of nitrogens with one attached hydrogen (secondary N) is 1. The van der Waals surface area contributed by atoms with Crippen LogP contribution in [0.5, 0.6) is 0 Å². The molecule has 24 heavy (non-hydrogen) atoms. The monoisotopic (exact) mass is 418 g/mol. The van der Waals surface area contributed by atoms with Gasteiger partial charge in [0, 0.05) is 30.2 Å². The molecule has 0 aliphatic heterocycles. The molecule has 0 radical (unpaired) electrons. The van der Waals surface area contributed by atoms with Crippen LogP contribution in [-0.4, -0.2) is 24.8 Å². The Labute approximate surface area is 151 Å². The first-order chi connectivity index (χ1) is 11.1. The van der Waals surface area contributed by atoms with Crippen LogP contribution in [0.2, 0.25) is 0 Å². The van der Waals surface area contributed by atoms with Crippen molar-refractivity contribution in [3.63, 3.8) is 0 Å². The van der Waals surface area contributed by atoms with Crippen LogP contribution in [-0.2, 0) is 23.0 Å². The minimum Gasteiger partial charge on any atom is -0.347 e. The van der Waals surface area contributed by atoms with Crippen LogP contribution >= 0.6 is 15.9 Å². The lowest BCUT2D eigenvalue weighted by atomic mass is 10.1. The predicted molar refractivity (Wildman–Crippen MR) is 100 cm³/mol. The first-order valence-corrected chi connectivity index (χ1v) is 10.4. The zero-order chi connectivity index (χ0) is 18.1. The van der Waals surface area contributed by atoms with Gasteiger partial charge in [-0.15, -0.1) is 0 Å². The second-order valence-electron chi connectivity index (χ2n) is 6.72. The van der Waals surface area contributed by atoms with E-state index in [0.29, 0.717) is 23.4 Å². The summed E-state index contributed by atoms with van der Waals surface area (Å²) in [6, 6.07) is 3.30. The maximum Gasteiger partial charge on any atom is 0.213 e. The summed E-state index contributed by atoms with van der Waals surface area (Å²) in [7, 11) is -3.29. The lowest BCUT2D eigenvalue weighted by Crippen LogP contribution is -2.32. The Bertz CT molecular complexity index is 829. The zero-order valence-electron chi connectivity index (χ0n) is 14.4. The molecule has 0 fully saturated rings. The summed E-state index contributed by atoms with van der Waals surface area (Å²) in [6.07, 6.45) is 2.52. The molecule has 1 aromatic heterocycles. The highest BCUT2D eigenvalue weighted by atomic mass is 79.9. The molecule has 0 atom stereocenters. The Kier molecular flexibility index (Phi) is 6.09. The van der Waals surface area contributed by atoms with E-state index in [2.05, 4.69) is 39.1 Å². The van der Waals surface area contributed by atoms with Gasteiger partial charge in [0.2, 0.25) is 10.0 Å². The van der Waals surface area contributed by atoms with E-state index in [4.69, 9.17) is 0 Å². The van der Waals surface area contributed by atoms with Crippen LogP contribution in [0.4, 0.5) is 4.39 Å². The normalized spacial score (nSPS) is 12.7. The maximum atomic E-state index is 14.0. The molecule has 1 heterocycles. The van der Waals surface area contributed by atoms with E-state index in [0.717, 1.165) is 23.0 Å². The van der Waals surface area contributed by atoms with Crippen molar-refractivity contribution in [1.82, 2.24) is 9.29 Å². The molecule has 0 unspecified atom stereocenters. The SMILES string of the molecule is CC(C)Cn1cc(CCNS(=O)(=O)C(C)C)c2cc(F)c(Br)cc21. The number of benzene rings is 1. The quantitative estimate of drug-likeness (QED) is 0.736. The molecule has 0 spiro atoms. The first-order valence-electron chi connectivity index (χ1n) is 8.07. The predicted octanol–water partition coefficient (Wildman–Crippen LogP) is 4.07. The van der Waals surface area contributed by atoms with Crippen molar-refractivity contribution in [2.24, 2.45) is 5.92 Å². The fourth-order valence-electron chi connectivity index (χ4n) is 2.60. The third-order valence-corrected chi connectivity index (χ3v) is 6.34. The Morgan fingerprint density at radius 2 is 1.92 bits per heavy atom. The molecule has 4 nitrogen and oxygen atoms in total. The van der Waals surface area contributed by atoms with Crippen molar-refractivity contribution in [1.29, 1.82) is 0 Å². The van der Waals surface area contributed by atoms with E-state index in [1.54, 1.807) is 19.9 Å². The second kappa shape index (κ2) is 7.54. The number of nitrogens with zero attached hydrogens (tertiary/aromatic N) is 1. The van der Waals surface area contributed by atoms with Crippen LogP contribution in [0.3, 0.4) is 0 Å². The van der Waals surface area contributed by atoms with Crippen molar-refractivity contribution >= 4 is 36.9 Å². The number of hydrogen-bond acceptors (Lipinski definition) is 2. The smallest absolute Gasteiger partial charge is 0.213 e. The van der Waals surface area contributed by atoms with E-state index in [9.17, 15) is 12.8 Å². The van der Waals surface area contributed by atoms with E-state index in [1.165, 1.54) is 6.07 Å². The van der Waals surface area contributed by atoms with Crippen LogP contribution < -0.4 is 4.72 Å². The average molecular weight is 419 g/mol. The van der Waals surface area contributed by atoms with E-state index < -0.39 is 15.3 Å². The van der Waals surface area contributed by atoms with Gasteiger partial charge in [-0.3, -0.25) is 0 Å². The number of sulfonamides is 1. The number of fused-ring (bicyclic) bond motifs is 1. The van der Waals surface area contributed by atoms with Gasteiger partial charge >= 0.3 is 0 Å². The van der Waals surface area contributed by atoms with Crippen LogP contribution in [0.25, 0.3) is 10.9 Å². The topological polar surface area (TPSA) is 51.1 Å². The van der Waals surface area contributed by atoms with Gasteiger partial charge in [0.1, 0.15) is 5.82 Å². The molecule has 7 heteroatoms. The molecular weight excluding hydrogens is 395 g/mol. The summed E-state index contributed by atoms with van der Waals surface area (Å²) >= 11 is 3.24. The summed E-state index contributed by atoms with van der Waals surface area (Å²) in [6.45, 7) is 8.67. The number of rotatable bonds is 7. The summed E-state index contributed by atoms with van der Waals surface area (Å²) in [5, 5.41) is 0.369. The Hall–Kier alpha value is -0.920. The Morgan fingerprint density at radius 3 is 2.50 bits per heavy atom. The van der Waals surface area contributed by atoms with Gasteiger partial charge in [0.15, 0.2) is 0 Å². The van der Waals surface area contributed by atoms with Crippen molar-refractivity contribution in [3.8, 4) is 0 Å². The molecule has 1 aromatic carbocycles. The summed E-state index contributed by atoms with van der Waals surface area (Å²) in [5.41, 5.74) is 1.90. The highest BCUT2D eigenvalue weighted by Crippen LogP contribution is 2.28. The average Bonchev–Trinajstić information content (AvgIpc) is 2.76. The highest BCUT2D eigenvalue weighted by molar-refractivity contribution is 9.10. The number of aromatic nitrogens is 1. The van der Waals surface area contributed by atoms with E-state index in [-0.39, 0.29) is 5.82 Å². The minimum absolute atomic E-state index is 0.305. The summed E-state index contributed by atoms with van der Waals surface area (Å²) in [5.74, 6) is 0.144. The van der Waals surface area contributed by atoms with Gasteiger partial charge in [0.05, 0.1) is 9.72 Å². The van der Waals surface area contributed by atoms with Crippen molar-refractivity contribution < 1.29 is 12.8 Å². The highest BCUT2D eigenvalue weighted by Gasteiger charge is 2.16. The van der Waals surface area contributed by atoms with Gasteiger partial charge in [0.25, 0.3) is 0 Å². The number of halogens is 2. The van der Waals surface area contributed by atoms with Crippen molar-refractivity contribution in [3.05, 3.63) is 34.2 Å². The van der Waals surface area contributed by atoms with Crippen LogP contribution in [0, 0.1) is 11.7 Å².